The summed E-state index contributed by atoms with van der Waals surface area (Å²) in [6.07, 6.45) is 5.44. The molecule has 0 radical (unpaired) electrons. The van der Waals surface area contributed by atoms with Crippen LogP contribution in [0.5, 0.6) is 0 Å². The van der Waals surface area contributed by atoms with Gasteiger partial charge in [-0.1, -0.05) is 42.5 Å². The van der Waals surface area contributed by atoms with Crippen molar-refractivity contribution < 1.29 is 15.0 Å². The van der Waals surface area contributed by atoms with E-state index >= 15 is 0 Å². The van der Waals surface area contributed by atoms with Crippen molar-refractivity contribution >= 4 is 18.4 Å². The highest BCUT2D eigenvalue weighted by atomic mass is 16.4. The van der Waals surface area contributed by atoms with E-state index in [4.69, 9.17) is 11.7 Å². The third-order valence-corrected chi connectivity index (χ3v) is 4.47. The van der Waals surface area contributed by atoms with E-state index in [0.29, 0.717) is 17.5 Å². The van der Waals surface area contributed by atoms with Gasteiger partial charge in [-0.25, -0.2) is 4.79 Å². The first-order chi connectivity index (χ1) is 14.0. The van der Waals surface area contributed by atoms with Crippen LogP contribution in [-0.2, 0) is 6.42 Å². The molecule has 0 aliphatic rings. The number of aliphatic hydroxyl groups excluding tert-OH is 1. The summed E-state index contributed by atoms with van der Waals surface area (Å²) in [5, 5.41) is 27.3. The van der Waals surface area contributed by atoms with E-state index in [9.17, 15) is 15.0 Å². The third-order valence-electron chi connectivity index (χ3n) is 4.47. The van der Waals surface area contributed by atoms with Crippen molar-refractivity contribution in [2.45, 2.75) is 12.6 Å². The van der Waals surface area contributed by atoms with Crippen molar-refractivity contribution in [3.8, 4) is 0 Å². The van der Waals surface area contributed by atoms with Crippen LogP contribution in [0.15, 0.2) is 71.1 Å². The number of hydrogen-bond acceptors (Lipinski definition) is 6. The van der Waals surface area contributed by atoms with Crippen LogP contribution in [0, 0.1) is 0 Å². The van der Waals surface area contributed by atoms with Gasteiger partial charge in [0.05, 0.1) is 18.0 Å². The van der Waals surface area contributed by atoms with E-state index < -0.39 is 12.2 Å². The van der Waals surface area contributed by atoms with Crippen molar-refractivity contribution in [2.75, 3.05) is 0 Å². The standard InChI is InChI=1S/C21H21N5O3/c22-24-10-15-6-4-14(5-7-15)8-18-12-26(13-19(18)21(28)29)20(27)17-3-1-2-16(9-17)11-25-23/h1-7,9-13,20,27H,8,22-23H2,(H,28,29). The zero-order valence-electron chi connectivity index (χ0n) is 15.5. The first-order valence-corrected chi connectivity index (χ1v) is 8.79. The lowest BCUT2D eigenvalue weighted by atomic mass is 10.0. The second kappa shape index (κ2) is 8.85. The normalized spacial score (nSPS) is 12.6. The second-order valence-corrected chi connectivity index (χ2v) is 6.47. The maximum Gasteiger partial charge on any atom is 0.337 e. The number of aromatic carboxylic acids is 1. The van der Waals surface area contributed by atoms with E-state index in [1.54, 1.807) is 30.5 Å². The Kier molecular flexibility index (Phi) is 6.06. The van der Waals surface area contributed by atoms with Gasteiger partial charge in [0, 0.05) is 18.0 Å². The molecule has 148 valence electrons. The van der Waals surface area contributed by atoms with Crippen LogP contribution in [0.3, 0.4) is 0 Å². The quantitative estimate of drug-likeness (QED) is 0.277. The fourth-order valence-electron chi connectivity index (χ4n) is 3.08. The van der Waals surface area contributed by atoms with Crippen molar-refractivity contribution in [3.05, 3.63) is 94.3 Å². The highest BCUT2D eigenvalue weighted by Gasteiger charge is 2.18. The molecule has 0 fully saturated rings. The van der Waals surface area contributed by atoms with Crippen molar-refractivity contribution in [1.29, 1.82) is 0 Å². The molecule has 0 amide bonds. The van der Waals surface area contributed by atoms with Crippen molar-refractivity contribution in [2.24, 2.45) is 21.9 Å². The first kappa shape index (κ1) is 19.8. The average Bonchev–Trinajstić information content (AvgIpc) is 3.14. The number of nitrogens with two attached hydrogens (primary N) is 2. The summed E-state index contributed by atoms with van der Waals surface area (Å²) in [7, 11) is 0. The van der Waals surface area contributed by atoms with Gasteiger partial charge < -0.3 is 26.5 Å². The molecule has 8 heteroatoms. The summed E-state index contributed by atoms with van der Waals surface area (Å²) in [4.78, 5) is 11.7. The molecule has 0 saturated carbocycles. The van der Waals surface area contributed by atoms with Crippen molar-refractivity contribution in [3.63, 3.8) is 0 Å². The van der Waals surface area contributed by atoms with Gasteiger partial charge in [0.1, 0.15) is 0 Å². The van der Waals surface area contributed by atoms with Gasteiger partial charge in [-0.2, -0.15) is 10.2 Å². The minimum absolute atomic E-state index is 0.135. The van der Waals surface area contributed by atoms with Crippen LogP contribution in [0.1, 0.15) is 44.4 Å². The minimum atomic E-state index is -1.05. The highest BCUT2D eigenvalue weighted by molar-refractivity contribution is 5.89. The number of nitrogens with zero attached hydrogens (tertiary/aromatic N) is 3. The number of aliphatic hydroxyl groups is 1. The Morgan fingerprint density at radius 1 is 1.03 bits per heavy atom. The van der Waals surface area contributed by atoms with E-state index in [2.05, 4.69) is 10.2 Å². The maximum absolute atomic E-state index is 11.7. The minimum Gasteiger partial charge on any atom is -0.478 e. The summed E-state index contributed by atoms with van der Waals surface area (Å²) in [6.45, 7) is 0. The Hall–Kier alpha value is -3.91. The molecule has 1 heterocycles. The molecule has 0 aliphatic carbocycles. The van der Waals surface area contributed by atoms with Crippen molar-refractivity contribution in [1.82, 2.24) is 4.57 Å². The molecule has 6 N–H and O–H groups in total. The first-order valence-electron chi connectivity index (χ1n) is 8.79. The maximum atomic E-state index is 11.7. The fourth-order valence-corrected chi connectivity index (χ4v) is 3.08. The Labute approximate surface area is 167 Å². The van der Waals surface area contributed by atoms with Crippen LogP contribution < -0.4 is 11.7 Å². The molecule has 0 aliphatic heterocycles. The molecule has 2 aromatic carbocycles. The molecule has 0 bridgehead atoms. The molecule has 1 atom stereocenters. The second-order valence-electron chi connectivity index (χ2n) is 6.47. The number of aromatic nitrogens is 1. The van der Waals surface area contributed by atoms with Gasteiger partial charge >= 0.3 is 5.97 Å². The fraction of sp³-hybridized carbons (Fsp3) is 0.0952. The number of hydrazone groups is 2. The molecule has 3 rings (SSSR count). The summed E-state index contributed by atoms with van der Waals surface area (Å²) in [5.74, 6) is 9.27. The molecule has 0 spiro atoms. The van der Waals surface area contributed by atoms with Gasteiger partial charge in [0.25, 0.3) is 0 Å². The number of benzene rings is 2. The van der Waals surface area contributed by atoms with E-state index in [1.165, 1.54) is 23.2 Å². The summed E-state index contributed by atoms with van der Waals surface area (Å²) >= 11 is 0. The predicted molar refractivity (Wildman–Crippen MR) is 111 cm³/mol. The monoisotopic (exact) mass is 391 g/mol. The predicted octanol–water partition coefficient (Wildman–Crippen LogP) is 1.90. The Morgan fingerprint density at radius 2 is 1.72 bits per heavy atom. The third kappa shape index (κ3) is 4.69. The van der Waals surface area contributed by atoms with Crippen LogP contribution >= 0.6 is 0 Å². The number of hydrogen-bond donors (Lipinski definition) is 4. The van der Waals surface area contributed by atoms with Gasteiger partial charge in [0.15, 0.2) is 6.23 Å². The van der Waals surface area contributed by atoms with E-state index in [1.807, 2.05) is 24.3 Å². The molecule has 1 aromatic heterocycles. The van der Waals surface area contributed by atoms with E-state index in [-0.39, 0.29) is 5.56 Å². The topological polar surface area (TPSA) is 139 Å². The number of carboxylic acids is 1. The average molecular weight is 391 g/mol. The lowest BCUT2D eigenvalue weighted by Crippen LogP contribution is -2.08. The number of carboxylic acid groups (broad SMARTS) is 1. The largest absolute Gasteiger partial charge is 0.478 e. The molecule has 8 nitrogen and oxygen atoms in total. The summed E-state index contributed by atoms with van der Waals surface area (Å²) in [5.41, 5.74) is 3.83. The smallest absolute Gasteiger partial charge is 0.337 e. The summed E-state index contributed by atoms with van der Waals surface area (Å²) in [6, 6.07) is 14.5. The molecule has 29 heavy (non-hydrogen) atoms. The summed E-state index contributed by atoms with van der Waals surface area (Å²) < 4.78 is 1.48. The van der Waals surface area contributed by atoms with Crippen LogP contribution in [0.2, 0.25) is 0 Å². The number of carbonyl (C=O) groups is 1. The molecule has 1 unspecified atom stereocenters. The van der Waals surface area contributed by atoms with E-state index in [0.717, 1.165) is 16.7 Å². The molecule has 0 saturated heterocycles. The zero-order valence-corrected chi connectivity index (χ0v) is 15.5. The highest BCUT2D eigenvalue weighted by Crippen LogP contribution is 2.23. The van der Waals surface area contributed by atoms with Gasteiger partial charge in [-0.3, -0.25) is 0 Å². The SMILES string of the molecule is NN=Cc1ccc(Cc2cn(C(O)c3cccc(C=NN)c3)cc2C(=O)O)cc1. The van der Waals surface area contributed by atoms with Gasteiger partial charge in [-0.15, -0.1) is 0 Å². The molecular weight excluding hydrogens is 370 g/mol. The lowest BCUT2D eigenvalue weighted by Gasteiger charge is -2.13. The lowest BCUT2D eigenvalue weighted by molar-refractivity contribution is 0.0695. The van der Waals surface area contributed by atoms with Gasteiger partial charge in [-0.05, 0) is 34.7 Å². The Bertz CT molecular complexity index is 1050. The van der Waals surface area contributed by atoms with Crippen LogP contribution in [0.4, 0.5) is 0 Å². The van der Waals surface area contributed by atoms with Crippen LogP contribution in [-0.4, -0.2) is 33.2 Å². The number of rotatable bonds is 7. The zero-order chi connectivity index (χ0) is 20.8. The Balaban J connectivity index is 1.90. The van der Waals surface area contributed by atoms with Crippen LogP contribution in [0.25, 0.3) is 0 Å². The Morgan fingerprint density at radius 3 is 2.38 bits per heavy atom. The van der Waals surface area contributed by atoms with Gasteiger partial charge in [0.2, 0.25) is 0 Å². The molecular formula is C21H21N5O3. The molecule has 3 aromatic rings.